The number of sulfonamides is 1. The van der Waals surface area contributed by atoms with E-state index in [0.29, 0.717) is 11.0 Å². The molecule has 0 aliphatic carbocycles. The Morgan fingerprint density at radius 3 is 2.95 bits per heavy atom. The van der Waals surface area contributed by atoms with Crippen LogP contribution in [0, 0.1) is 0 Å². The van der Waals surface area contributed by atoms with Crippen molar-refractivity contribution in [3.05, 3.63) is 36.2 Å². The molecule has 9 heteroatoms. The second-order valence-electron chi connectivity index (χ2n) is 4.26. The van der Waals surface area contributed by atoms with Crippen molar-refractivity contribution in [2.24, 2.45) is 0 Å². The predicted octanol–water partition coefficient (Wildman–Crippen LogP) is 1.24. The molecule has 0 aliphatic heterocycles. The summed E-state index contributed by atoms with van der Waals surface area (Å²) in [6.07, 6.45) is 3.26. The topological polar surface area (TPSA) is 91.8 Å². The SMILES string of the molecule is CN(Cc1cn[nH]c1)S(=O)(=O)c1cccc2nsnc12. The zero-order valence-electron chi connectivity index (χ0n) is 10.5. The first-order chi connectivity index (χ1) is 9.59. The van der Waals surface area contributed by atoms with Gasteiger partial charge in [0.2, 0.25) is 10.0 Å². The Morgan fingerprint density at radius 1 is 1.35 bits per heavy atom. The molecular formula is C11H11N5O2S2. The van der Waals surface area contributed by atoms with Crippen molar-refractivity contribution >= 4 is 32.8 Å². The van der Waals surface area contributed by atoms with Crippen molar-refractivity contribution in [2.75, 3.05) is 7.05 Å². The third-order valence-corrected chi connectivity index (χ3v) is 5.27. The van der Waals surface area contributed by atoms with Crippen LogP contribution < -0.4 is 0 Å². The van der Waals surface area contributed by atoms with Crippen LogP contribution in [0.25, 0.3) is 11.0 Å². The molecule has 20 heavy (non-hydrogen) atoms. The van der Waals surface area contributed by atoms with E-state index >= 15 is 0 Å². The van der Waals surface area contributed by atoms with E-state index in [1.165, 1.54) is 11.4 Å². The lowest BCUT2D eigenvalue weighted by atomic mass is 10.3. The Morgan fingerprint density at radius 2 is 2.20 bits per heavy atom. The Balaban J connectivity index is 2.01. The van der Waals surface area contributed by atoms with Crippen LogP contribution in [-0.2, 0) is 16.6 Å². The van der Waals surface area contributed by atoms with E-state index < -0.39 is 10.0 Å². The molecule has 0 radical (unpaired) electrons. The van der Waals surface area contributed by atoms with Crippen molar-refractivity contribution in [1.29, 1.82) is 0 Å². The smallest absolute Gasteiger partial charge is 0.245 e. The van der Waals surface area contributed by atoms with Gasteiger partial charge in [0.05, 0.1) is 17.9 Å². The molecule has 0 unspecified atom stereocenters. The van der Waals surface area contributed by atoms with Crippen molar-refractivity contribution in [3.8, 4) is 0 Å². The van der Waals surface area contributed by atoms with Crippen LogP contribution in [0.1, 0.15) is 5.56 Å². The normalized spacial score (nSPS) is 12.3. The molecule has 1 N–H and O–H groups in total. The molecule has 0 amide bonds. The van der Waals surface area contributed by atoms with Crippen LogP contribution in [0.2, 0.25) is 0 Å². The lowest BCUT2D eigenvalue weighted by Gasteiger charge is -2.16. The molecule has 2 aromatic heterocycles. The number of aromatic amines is 1. The van der Waals surface area contributed by atoms with Gasteiger partial charge in [0.25, 0.3) is 0 Å². The van der Waals surface area contributed by atoms with Gasteiger partial charge in [0.15, 0.2) is 0 Å². The molecule has 0 saturated heterocycles. The van der Waals surface area contributed by atoms with Gasteiger partial charge in [-0.3, -0.25) is 5.10 Å². The standard InChI is InChI=1S/C11H11N5O2S2/c1-16(7-8-5-12-13-6-8)20(17,18)10-4-2-3-9-11(10)15-19-14-9/h2-6H,7H2,1H3,(H,12,13). The lowest BCUT2D eigenvalue weighted by Crippen LogP contribution is -2.26. The maximum Gasteiger partial charge on any atom is 0.245 e. The fourth-order valence-electron chi connectivity index (χ4n) is 1.86. The van der Waals surface area contributed by atoms with E-state index in [2.05, 4.69) is 18.9 Å². The minimum Gasteiger partial charge on any atom is -0.285 e. The van der Waals surface area contributed by atoms with Gasteiger partial charge in [-0.05, 0) is 12.1 Å². The summed E-state index contributed by atoms with van der Waals surface area (Å²) in [7, 11) is -2.09. The number of fused-ring (bicyclic) bond motifs is 1. The van der Waals surface area contributed by atoms with Crippen LogP contribution in [0.15, 0.2) is 35.5 Å². The monoisotopic (exact) mass is 309 g/mol. The summed E-state index contributed by atoms with van der Waals surface area (Å²) in [5, 5.41) is 6.46. The molecule has 104 valence electrons. The average molecular weight is 309 g/mol. The fourth-order valence-corrected chi connectivity index (χ4v) is 3.77. The zero-order chi connectivity index (χ0) is 14.2. The number of hydrogen-bond acceptors (Lipinski definition) is 6. The van der Waals surface area contributed by atoms with Crippen LogP contribution >= 0.6 is 11.7 Å². The highest BCUT2D eigenvalue weighted by Crippen LogP contribution is 2.24. The van der Waals surface area contributed by atoms with Gasteiger partial charge in [0.1, 0.15) is 15.9 Å². The van der Waals surface area contributed by atoms with Gasteiger partial charge in [-0.1, -0.05) is 6.07 Å². The van der Waals surface area contributed by atoms with Crippen LogP contribution in [0.3, 0.4) is 0 Å². The Bertz CT molecular complexity index is 826. The van der Waals surface area contributed by atoms with Crippen LogP contribution in [0.4, 0.5) is 0 Å². The van der Waals surface area contributed by atoms with Gasteiger partial charge in [-0.2, -0.15) is 18.2 Å². The average Bonchev–Trinajstić information content (AvgIpc) is 3.07. The summed E-state index contributed by atoms with van der Waals surface area (Å²) >= 11 is 1.00. The first-order valence-corrected chi connectivity index (χ1v) is 7.91. The molecule has 0 fully saturated rings. The van der Waals surface area contributed by atoms with Crippen LogP contribution in [-0.4, -0.2) is 38.7 Å². The van der Waals surface area contributed by atoms with E-state index in [9.17, 15) is 8.42 Å². The molecular weight excluding hydrogens is 298 g/mol. The Labute approximate surface area is 119 Å². The molecule has 2 heterocycles. The van der Waals surface area contributed by atoms with Gasteiger partial charge >= 0.3 is 0 Å². The number of aromatic nitrogens is 4. The Kier molecular flexibility index (Phi) is 3.24. The fraction of sp³-hybridized carbons (Fsp3) is 0.182. The van der Waals surface area contributed by atoms with E-state index in [4.69, 9.17) is 0 Å². The van der Waals surface area contributed by atoms with E-state index in [1.54, 1.807) is 30.6 Å². The first-order valence-electron chi connectivity index (χ1n) is 5.74. The summed E-state index contributed by atoms with van der Waals surface area (Å²) in [5.74, 6) is 0. The molecule has 0 spiro atoms. The van der Waals surface area contributed by atoms with Gasteiger partial charge in [-0.25, -0.2) is 8.42 Å². The lowest BCUT2D eigenvalue weighted by molar-refractivity contribution is 0.467. The number of nitrogens with zero attached hydrogens (tertiary/aromatic N) is 4. The molecule has 0 aliphatic rings. The molecule has 7 nitrogen and oxygen atoms in total. The summed E-state index contributed by atoms with van der Waals surface area (Å²) < 4.78 is 34.6. The van der Waals surface area contributed by atoms with Crippen LogP contribution in [0.5, 0.6) is 0 Å². The maximum absolute atomic E-state index is 12.6. The molecule has 1 aromatic carbocycles. The second-order valence-corrected chi connectivity index (χ2v) is 6.80. The minimum atomic E-state index is -3.62. The summed E-state index contributed by atoms with van der Waals surface area (Å²) in [5.41, 5.74) is 1.80. The summed E-state index contributed by atoms with van der Waals surface area (Å²) in [4.78, 5) is 0.176. The second kappa shape index (κ2) is 4.93. The van der Waals surface area contributed by atoms with E-state index in [1.807, 2.05) is 0 Å². The van der Waals surface area contributed by atoms with Gasteiger partial charge < -0.3 is 0 Å². The summed E-state index contributed by atoms with van der Waals surface area (Å²) in [6, 6.07) is 4.96. The van der Waals surface area contributed by atoms with Gasteiger partial charge in [0, 0.05) is 25.4 Å². The highest BCUT2D eigenvalue weighted by molar-refractivity contribution is 7.89. The number of benzene rings is 1. The third-order valence-electron chi connectivity index (χ3n) is 2.90. The third kappa shape index (κ3) is 2.19. The number of rotatable bonds is 4. The molecule has 3 aromatic rings. The van der Waals surface area contributed by atoms with Gasteiger partial charge in [-0.15, -0.1) is 0 Å². The van der Waals surface area contributed by atoms with E-state index in [0.717, 1.165) is 17.3 Å². The van der Waals surface area contributed by atoms with Crippen molar-refractivity contribution in [1.82, 2.24) is 23.2 Å². The van der Waals surface area contributed by atoms with Crippen molar-refractivity contribution in [2.45, 2.75) is 11.4 Å². The zero-order valence-corrected chi connectivity index (χ0v) is 12.1. The highest BCUT2D eigenvalue weighted by atomic mass is 32.2. The quantitative estimate of drug-likeness (QED) is 0.782. The molecule has 3 rings (SSSR count). The largest absolute Gasteiger partial charge is 0.285 e. The van der Waals surface area contributed by atoms with E-state index in [-0.39, 0.29) is 11.4 Å². The first kappa shape index (κ1) is 13.2. The van der Waals surface area contributed by atoms with Crippen molar-refractivity contribution in [3.63, 3.8) is 0 Å². The number of nitrogens with one attached hydrogen (secondary N) is 1. The highest BCUT2D eigenvalue weighted by Gasteiger charge is 2.24. The molecule has 0 bridgehead atoms. The molecule has 0 atom stereocenters. The van der Waals surface area contributed by atoms with Crippen molar-refractivity contribution < 1.29 is 8.42 Å². The molecule has 0 saturated carbocycles. The number of hydrogen-bond donors (Lipinski definition) is 1. The Hall–Kier alpha value is -1.84. The minimum absolute atomic E-state index is 0.176. The number of H-pyrrole nitrogens is 1. The maximum atomic E-state index is 12.6. The predicted molar refractivity (Wildman–Crippen MR) is 74.7 cm³/mol. The summed E-state index contributed by atoms with van der Waals surface area (Å²) in [6.45, 7) is 0.243.